The Kier molecular flexibility index (Phi) is 4.23. The lowest BCUT2D eigenvalue weighted by molar-refractivity contribution is 0.321. The molecule has 2 heterocycles. The highest BCUT2D eigenvalue weighted by atomic mass is 16.5. The van der Waals surface area contributed by atoms with E-state index in [1.54, 1.807) is 30.3 Å². The summed E-state index contributed by atoms with van der Waals surface area (Å²) in [5, 5.41) is 23.0. The maximum atomic E-state index is 8.59. The molecule has 2 N–H and O–H groups in total. The maximum absolute atomic E-state index is 8.59. The first-order chi connectivity index (χ1) is 9.76. The van der Waals surface area contributed by atoms with Crippen LogP contribution in [0.3, 0.4) is 0 Å². The van der Waals surface area contributed by atoms with Crippen molar-refractivity contribution < 1.29 is 15.2 Å². The van der Waals surface area contributed by atoms with Gasteiger partial charge in [-0.2, -0.15) is 0 Å². The number of ether oxygens (including phenoxy) is 1. The van der Waals surface area contributed by atoms with Crippen LogP contribution in [0.25, 0.3) is 11.4 Å². The fourth-order valence-electron chi connectivity index (χ4n) is 1.63. The van der Waals surface area contributed by atoms with Crippen molar-refractivity contribution in [3.8, 4) is 17.1 Å². The van der Waals surface area contributed by atoms with Gasteiger partial charge in [0.1, 0.15) is 5.75 Å². The first-order valence-electron chi connectivity index (χ1n) is 5.65. The molecule has 0 saturated carbocycles. The minimum atomic E-state index is 0.435. The summed E-state index contributed by atoms with van der Waals surface area (Å²) in [7, 11) is 1.53. The molecule has 0 spiro atoms. The predicted octanol–water partition coefficient (Wildman–Crippen LogP) is 1.77. The second-order valence-electron chi connectivity index (χ2n) is 3.75. The van der Waals surface area contributed by atoms with E-state index in [-0.39, 0.29) is 0 Å². The lowest BCUT2D eigenvalue weighted by atomic mass is 10.2. The number of hydrogen-bond donors (Lipinski definition) is 2. The molecule has 7 heteroatoms. The maximum Gasteiger partial charge on any atom is 0.123 e. The van der Waals surface area contributed by atoms with Crippen LogP contribution in [0, 0.1) is 0 Å². The fraction of sp³-hybridized carbons (Fsp3) is 0.0769. The summed E-state index contributed by atoms with van der Waals surface area (Å²) in [5.41, 5.74) is 2.05. The minimum Gasteiger partial charge on any atom is -0.497 e. The van der Waals surface area contributed by atoms with Crippen molar-refractivity contribution in [2.75, 3.05) is 7.11 Å². The van der Waals surface area contributed by atoms with Crippen molar-refractivity contribution in [1.82, 2.24) is 9.97 Å². The van der Waals surface area contributed by atoms with Gasteiger partial charge in [0.2, 0.25) is 0 Å². The van der Waals surface area contributed by atoms with Gasteiger partial charge < -0.3 is 15.2 Å². The molecule has 0 aliphatic carbocycles. The van der Waals surface area contributed by atoms with Gasteiger partial charge in [-0.3, -0.25) is 0 Å². The second kappa shape index (κ2) is 6.28. The van der Waals surface area contributed by atoms with E-state index >= 15 is 0 Å². The molecule has 0 fully saturated rings. The summed E-state index contributed by atoms with van der Waals surface area (Å²) in [5.74, 6) is 0.563. The summed E-state index contributed by atoms with van der Waals surface area (Å²) in [6.45, 7) is 0. The van der Waals surface area contributed by atoms with Crippen LogP contribution in [0.1, 0.15) is 11.4 Å². The Bertz CT molecular complexity index is 656. The molecule has 102 valence electrons. The zero-order valence-corrected chi connectivity index (χ0v) is 10.6. The Morgan fingerprint density at radius 1 is 1.00 bits per heavy atom. The zero-order valence-electron chi connectivity index (χ0n) is 10.6. The van der Waals surface area contributed by atoms with Crippen molar-refractivity contribution in [3.63, 3.8) is 0 Å². The number of oxime groups is 2. The Morgan fingerprint density at radius 2 is 1.70 bits per heavy atom. The van der Waals surface area contributed by atoms with E-state index in [1.165, 1.54) is 19.5 Å². The summed E-state index contributed by atoms with van der Waals surface area (Å²) in [4.78, 5) is 8.56. The third-order valence-electron chi connectivity index (χ3n) is 2.47. The van der Waals surface area contributed by atoms with Crippen LogP contribution in [0.2, 0.25) is 0 Å². The molecule has 0 atom stereocenters. The monoisotopic (exact) mass is 272 g/mol. The topological polar surface area (TPSA) is 100 Å². The standard InChI is InChI=1S/C13H12N4O3/c1-20-11-5-10(8-15-19)17-13(6-11)12-4-2-3-9(16-12)7-14-18/h2-8,18-19H,1H3/b14-7?,15-8-. The number of pyridine rings is 2. The van der Waals surface area contributed by atoms with Crippen LogP contribution in [-0.4, -0.2) is 39.9 Å². The largest absolute Gasteiger partial charge is 0.497 e. The number of aromatic nitrogens is 2. The smallest absolute Gasteiger partial charge is 0.123 e. The molecule has 0 radical (unpaired) electrons. The van der Waals surface area contributed by atoms with Crippen molar-refractivity contribution >= 4 is 12.4 Å². The predicted molar refractivity (Wildman–Crippen MR) is 72.8 cm³/mol. The second-order valence-corrected chi connectivity index (χ2v) is 3.75. The highest BCUT2D eigenvalue weighted by Gasteiger charge is 2.06. The molecule has 0 amide bonds. The van der Waals surface area contributed by atoms with Crippen molar-refractivity contribution in [1.29, 1.82) is 0 Å². The summed E-state index contributed by atoms with van der Waals surface area (Å²) in [6, 6.07) is 8.55. The van der Waals surface area contributed by atoms with Crippen molar-refractivity contribution in [2.45, 2.75) is 0 Å². The lowest BCUT2D eigenvalue weighted by Gasteiger charge is -2.06. The van der Waals surface area contributed by atoms with Gasteiger partial charge in [0.05, 0.1) is 42.3 Å². The van der Waals surface area contributed by atoms with Crippen molar-refractivity contribution in [2.24, 2.45) is 10.3 Å². The molecule has 2 aromatic heterocycles. The highest BCUT2D eigenvalue weighted by Crippen LogP contribution is 2.21. The van der Waals surface area contributed by atoms with E-state index in [4.69, 9.17) is 15.2 Å². The SMILES string of the molecule is COc1cc(/C=N\O)nc(-c2cccc(C=NO)n2)c1. The van der Waals surface area contributed by atoms with Crippen molar-refractivity contribution in [3.05, 3.63) is 41.7 Å². The van der Waals surface area contributed by atoms with Crippen LogP contribution >= 0.6 is 0 Å². The van der Waals surface area contributed by atoms with E-state index < -0.39 is 0 Å². The Hall–Kier alpha value is -2.96. The molecular formula is C13H12N4O3. The highest BCUT2D eigenvalue weighted by molar-refractivity contribution is 5.80. The molecule has 0 saturated heterocycles. The third kappa shape index (κ3) is 3.08. The third-order valence-corrected chi connectivity index (χ3v) is 2.47. The first-order valence-corrected chi connectivity index (χ1v) is 5.65. The van der Waals surface area contributed by atoms with E-state index in [0.29, 0.717) is 28.5 Å². The normalized spacial score (nSPS) is 11.2. The average molecular weight is 272 g/mol. The van der Waals surface area contributed by atoms with Gasteiger partial charge in [-0.15, -0.1) is 0 Å². The molecule has 0 aliphatic heterocycles. The number of hydrogen-bond acceptors (Lipinski definition) is 7. The first kappa shape index (κ1) is 13.5. The molecule has 2 rings (SSSR count). The van der Waals surface area contributed by atoms with Crippen LogP contribution in [0.5, 0.6) is 5.75 Å². The lowest BCUT2D eigenvalue weighted by Crippen LogP contribution is -1.97. The fourth-order valence-corrected chi connectivity index (χ4v) is 1.63. The van der Waals surface area contributed by atoms with Gasteiger partial charge in [0.15, 0.2) is 0 Å². The molecule has 2 aromatic rings. The molecular weight excluding hydrogens is 260 g/mol. The molecule has 7 nitrogen and oxygen atoms in total. The van der Waals surface area contributed by atoms with Crippen LogP contribution in [0.15, 0.2) is 40.6 Å². The van der Waals surface area contributed by atoms with Crippen LogP contribution in [0.4, 0.5) is 0 Å². The number of nitrogens with zero attached hydrogens (tertiary/aromatic N) is 4. The van der Waals surface area contributed by atoms with E-state index in [0.717, 1.165) is 0 Å². The van der Waals surface area contributed by atoms with Gasteiger partial charge in [-0.05, 0) is 12.1 Å². The average Bonchev–Trinajstić information content (AvgIpc) is 2.48. The van der Waals surface area contributed by atoms with Gasteiger partial charge in [-0.25, -0.2) is 9.97 Å². The molecule has 0 aromatic carbocycles. The Labute approximate surface area is 114 Å². The van der Waals surface area contributed by atoms with E-state index in [1.807, 2.05) is 0 Å². The van der Waals surface area contributed by atoms with Crippen LogP contribution in [-0.2, 0) is 0 Å². The van der Waals surface area contributed by atoms with E-state index in [9.17, 15) is 0 Å². The summed E-state index contributed by atoms with van der Waals surface area (Å²) in [6.07, 6.45) is 2.42. The van der Waals surface area contributed by atoms with Gasteiger partial charge >= 0.3 is 0 Å². The van der Waals surface area contributed by atoms with Gasteiger partial charge in [0, 0.05) is 12.1 Å². The molecule has 0 unspecified atom stereocenters. The Morgan fingerprint density at radius 3 is 2.40 bits per heavy atom. The Balaban J connectivity index is 2.50. The van der Waals surface area contributed by atoms with E-state index in [2.05, 4.69) is 20.3 Å². The number of methoxy groups -OCH3 is 1. The zero-order chi connectivity index (χ0) is 14.4. The molecule has 0 bridgehead atoms. The van der Waals surface area contributed by atoms with Crippen LogP contribution < -0.4 is 4.74 Å². The minimum absolute atomic E-state index is 0.435. The quantitative estimate of drug-likeness (QED) is 0.502. The molecule has 20 heavy (non-hydrogen) atoms. The summed E-state index contributed by atoms with van der Waals surface area (Å²) >= 11 is 0. The summed E-state index contributed by atoms with van der Waals surface area (Å²) < 4.78 is 5.16. The van der Waals surface area contributed by atoms with Gasteiger partial charge in [-0.1, -0.05) is 16.4 Å². The molecule has 0 aliphatic rings. The van der Waals surface area contributed by atoms with Gasteiger partial charge in [0.25, 0.3) is 0 Å². The number of rotatable bonds is 4.